The normalized spacial score (nSPS) is 19.1. The van der Waals surface area contributed by atoms with Gasteiger partial charge in [0.15, 0.2) is 0 Å². The minimum atomic E-state index is 0.198. The Hall–Kier alpha value is -0.0900. The number of hydrogen-bond acceptors (Lipinski definition) is 2. The zero-order valence-electron chi connectivity index (χ0n) is 9.71. The van der Waals surface area contributed by atoms with Crippen molar-refractivity contribution >= 4 is 21.8 Å². The van der Waals surface area contributed by atoms with Crippen molar-refractivity contribution in [3.8, 4) is 0 Å². The van der Waals surface area contributed by atoms with Crippen molar-refractivity contribution in [2.24, 2.45) is 0 Å². The molecule has 0 bridgehead atoms. The summed E-state index contributed by atoms with van der Waals surface area (Å²) >= 11 is 3.22. The maximum atomic E-state index is 11.5. The zero-order chi connectivity index (χ0) is 11.3. The molecule has 88 valence electrons. The summed E-state index contributed by atoms with van der Waals surface area (Å²) in [6, 6.07) is 0.447. The zero-order valence-corrected chi connectivity index (χ0v) is 11.3. The number of piperidine rings is 1. The first-order valence-corrected chi connectivity index (χ1v) is 6.85. The Bertz CT molecular complexity index is 203. The Morgan fingerprint density at radius 3 is 2.53 bits per heavy atom. The van der Waals surface area contributed by atoms with Crippen LogP contribution in [-0.2, 0) is 4.79 Å². The quantitative estimate of drug-likeness (QED) is 0.730. The molecule has 1 aliphatic heterocycles. The number of hydrogen-bond donors (Lipinski definition) is 0. The highest BCUT2D eigenvalue weighted by atomic mass is 79.9. The highest BCUT2D eigenvalue weighted by Crippen LogP contribution is 2.15. The molecule has 1 amide bonds. The second kappa shape index (κ2) is 6.48. The second-order valence-corrected chi connectivity index (χ2v) is 4.77. The molecule has 0 radical (unpaired) electrons. The number of amides is 1. The van der Waals surface area contributed by atoms with Crippen molar-refractivity contribution in [3.63, 3.8) is 0 Å². The third-order valence-electron chi connectivity index (χ3n) is 3.15. The number of carbonyl (C=O) groups is 1. The Labute approximate surface area is 101 Å². The van der Waals surface area contributed by atoms with E-state index in [0.717, 1.165) is 25.9 Å². The van der Waals surface area contributed by atoms with E-state index in [2.05, 4.69) is 27.8 Å². The van der Waals surface area contributed by atoms with Crippen LogP contribution in [0.15, 0.2) is 0 Å². The van der Waals surface area contributed by atoms with Crippen molar-refractivity contribution in [2.45, 2.75) is 32.2 Å². The van der Waals surface area contributed by atoms with Crippen molar-refractivity contribution in [1.29, 1.82) is 0 Å². The summed E-state index contributed by atoms with van der Waals surface area (Å²) in [5, 5.41) is 0.443. The Kier molecular flexibility index (Phi) is 5.61. The van der Waals surface area contributed by atoms with Crippen molar-refractivity contribution < 1.29 is 4.79 Å². The van der Waals surface area contributed by atoms with Gasteiger partial charge >= 0.3 is 0 Å². The summed E-state index contributed by atoms with van der Waals surface area (Å²) < 4.78 is 0. The summed E-state index contributed by atoms with van der Waals surface area (Å²) in [5.74, 6) is 0.198. The lowest BCUT2D eigenvalue weighted by Crippen LogP contribution is -2.46. The molecule has 3 nitrogen and oxygen atoms in total. The predicted octanol–water partition coefficient (Wildman–Crippen LogP) is 1.71. The third-order valence-corrected chi connectivity index (χ3v) is 3.63. The van der Waals surface area contributed by atoms with Crippen LogP contribution < -0.4 is 0 Å². The molecule has 1 saturated heterocycles. The van der Waals surface area contributed by atoms with Gasteiger partial charge in [-0.2, -0.15) is 0 Å². The molecule has 1 heterocycles. The average molecular weight is 277 g/mol. The molecule has 15 heavy (non-hydrogen) atoms. The van der Waals surface area contributed by atoms with E-state index < -0.39 is 0 Å². The fraction of sp³-hybridized carbons (Fsp3) is 0.909. The van der Waals surface area contributed by atoms with E-state index in [9.17, 15) is 4.79 Å². The summed E-state index contributed by atoms with van der Waals surface area (Å²) in [7, 11) is 1.92. The minimum Gasteiger partial charge on any atom is -0.342 e. The van der Waals surface area contributed by atoms with Crippen LogP contribution in [0, 0.1) is 0 Å². The van der Waals surface area contributed by atoms with E-state index in [1.165, 1.54) is 13.0 Å². The molecule has 0 unspecified atom stereocenters. The minimum absolute atomic E-state index is 0.198. The lowest BCUT2D eigenvalue weighted by molar-refractivity contribution is -0.129. The molecule has 0 aromatic carbocycles. The molecule has 0 saturated carbocycles. The molecule has 1 rings (SSSR count). The van der Waals surface area contributed by atoms with Crippen LogP contribution in [0.1, 0.15) is 26.2 Å². The van der Waals surface area contributed by atoms with Gasteiger partial charge in [0.2, 0.25) is 5.91 Å². The van der Waals surface area contributed by atoms with Crippen LogP contribution in [0.2, 0.25) is 0 Å². The molecule has 4 heteroatoms. The molecule has 0 spiro atoms. The first kappa shape index (κ1) is 13.0. The number of rotatable bonds is 4. The van der Waals surface area contributed by atoms with Crippen molar-refractivity contribution in [1.82, 2.24) is 9.80 Å². The van der Waals surface area contributed by atoms with Gasteiger partial charge < -0.3 is 9.80 Å². The standard InChI is InChI=1S/C11H21BrN2O/c1-3-6-14-7-4-10(5-8-14)13(2)11(15)9-12/h10H,3-9H2,1-2H3. The SMILES string of the molecule is CCCN1CCC(N(C)C(=O)CBr)CC1. The van der Waals surface area contributed by atoms with Gasteiger partial charge in [0.05, 0.1) is 5.33 Å². The topological polar surface area (TPSA) is 23.6 Å². The largest absolute Gasteiger partial charge is 0.342 e. The van der Waals surface area contributed by atoms with Crippen LogP contribution in [0.4, 0.5) is 0 Å². The van der Waals surface area contributed by atoms with Crippen LogP contribution in [0.25, 0.3) is 0 Å². The van der Waals surface area contributed by atoms with Crippen LogP contribution in [0.5, 0.6) is 0 Å². The maximum absolute atomic E-state index is 11.5. The number of likely N-dealkylation sites (tertiary alicyclic amines) is 1. The van der Waals surface area contributed by atoms with Crippen molar-refractivity contribution in [3.05, 3.63) is 0 Å². The number of carbonyl (C=O) groups excluding carboxylic acids is 1. The van der Waals surface area contributed by atoms with E-state index in [1.807, 2.05) is 11.9 Å². The molecule has 0 aliphatic carbocycles. The Balaban J connectivity index is 2.33. The monoisotopic (exact) mass is 276 g/mol. The molecule has 1 fully saturated rings. The molecular weight excluding hydrogens is 256 g/mol. The molecule has 0 aromatic heterocycles. The van der Waals surface area contributed by atoms with Crippen LogP contribution in [-0.4, -0.2) is 53.8 Å². The van der Waals surface area contributed by atoms with Gasteiger partial charge in [0.1, 0.15) is 0 Å². The summed E-state index contributed by atoms with van der Waals surface area (Å²) in [6.07, 6.45) is 3.46. The smallest absolute Gasteiger partial charge is 0.233 e. The maximum Gasteiger partial charge on any atom is 0.233 e. The first-order valence-electron chi connectivity index (χ1n) is 5.73. The Morgan fingerprint density at radius 2 is 2.07 bits per heavy atom. The van der Waals surface area contributed by atoms with Gasteiger partial charge in [-0.1, -0.05) is 22.9 Å². The van der Waals surface area contributed by atoms with Gasteiger partial charge in [-0.15, -0.1) is 0 Å². The lowest BCUT2D eigenvalue weighted by atomic mass is 10.0. The van der Waals surface area contributed by atoms with E-state index in [1.54, 1.807) is 0 Å². The number of halogens is 1. The van der Waals surface area contributed by atoms with Crippen molar-refractivity contribution in [2.75, 3.05) is 32.0 Å². The van der Waals surface area contributed by atoms with Gasteiger partial charge in [0.25, 0.3) is 0 Å². The summed E-state index contributed by atoms with van der Waals surface area (Å²) in [4.78, 5) is 15.9. The average Bonchev–Trinajstić information content (AvgIpc) is 2.28. The fourth-order valence-electron chi connectivity index (χ4n) is 2.14. The van der Waals surface area contributed by atoms with Gasteiger partial charge in [-0.3, -0.25) is 4.79 Å². The molecule has 1 aliphatic rings. The van der Waals surface area contributed by atoms with Gasteiger partial charge in [-0.25, -0.2) is 0 Å². The first-order chi connectivity index (χ1) is 7.19. The molecule has 0 atom stereocenters. The predicted molar refractivity (Wildman–Crippen MR) is 66.3 cm³/mol. The third kappa shape index (κ3) is 3.76. The van der Waals surface area contributed by atoms with Gasteiger partial charge in [-0.05, 0) is 25.8 Å². The second-order valence-electron chi connectivity index (χ2n) is 4.21. The molecule has 0 N–H and O–H groups in total. The molecule has 0 aromatic rings. The number of nitrogens with zero attached hydrogens (tertiary/aromatic N) is 2. The Morgan fingerprint density at radius 1 is 1.47 bits per heavy atom. The lowest BCUT2D eigenvalue weighted by Gasteiger charge is -2.36. The fourth-order valence-corrected chi connectivity index (χ4v) is 2.54. The highest BCUT2D eigenvalue weighted by molar-refractivity contribution is 9.09. The summed E-state index contributed by atoms with van der Waals surface area (Å²) in [6.45, 7) is 5.69. The van der Waals surface area contributed by atoms with E-state index in [4.69, 9.17) is 0 Å². The van der Waals surface area contributed by atoms with Gasteiger partial charge in [0, 0.05) is 26.2 Å². The van der Waals surface area contributed by atoms with E-state index in [-0.39, 0.29) is 5.91 Å². The van der Waals surface area contributed by atoms with Crippen LogP contribution >= 0.6 is 15.9 Å². The van der Waals surface area contributed by atoms with E-state index >= 15 is 0 Å². The summed E-state index contributed by atoms with van der Waals surface area (Å²) in [5.41, 5.74) is 0. The number of alkyl halides is 1. The van der Waals surface area contributed by atoms with E-state index in [0.29, 0.717) is 11.4 Å². The van der Waals surface area contributed by atoms with Crippen LogP contribution in [0.3, 0.4) is 0 Å². The highest BCUT2D eigenvalue weighted by Gasteiger charge is 2.24. The molecular formula is C11H21BrN2O.